The first-order chi connectivity index (χ1) is 10.2. The lowest BCUT2D eigenvalue weighted by Crippen LogP contribution is -2.02. The molecule has 2 rings (SSSR count). The monoisotopic (exact) mass is 288 g/mol. The Kier molecular flexibility index (Phi) is 5.26. The molecule has 0 saturated heterocycles. The highest BCUT2D eigenvalue weighted by atomic mass is 16.5. The van der Waals surface area contributed by atoms with Crippen molar-refractivity contribution in [3.8, 4) is 11.5 Å². The Bertz CT molecular complexity index is 611. The molecule has 2 aromatic rings. The zero-order chi connectivity index (χ0) is 15.2. The number of fused-ring (bicyclic) bond motifs is 1. The van der Waals surface area contributed by atoms with Gasteiger partial charge in [-0.3, -0.25) is 4.98 Å². The van der Waals surface area contributed by atoms with Crippen LogP contribution >= 0.6 is 0 Å². The number of methoxy groups -OCH3 is 1. The summed E-state index contributed by atoms with van der Waals surface area (Å²) >= 11 is 0. The largest absolute Gasteiger partial charge is 0.493 e. The molecule has 0 unspecified atom stereocenters. The van der Waals surface area contributed by atoms with Crippen molar-refractivity contribution < 1.29 is 9.47 Å². The highest BCUT2D eigenvalue weighted by Crippen LogP contribution is 2.38. The molecule has 0 radical (unpaired) electrons. The summed E-state index contributed by atoms with van der Waals surface area (Å²) in [4.78, 5) is 4.51. The molecule has 1 aromatic carbocycles. The summed E-state index contributed by atoms with van der Waals surface area (Å²) in [5.74, 6) is 1.41. The highest BCUT2D eigenvalue weighted by molar-refractivity contribution is 5.96. The molecule has 2 N–H and O–H groups in total. The van der Waals surface area contributed by atoms with Crippen LogP contribution in [0.15, 0.2) is 18.2 Å². The van der Waals surface area contributed by atoms with E-state index in [0.717, 1.165) is 28.8 Å². The number of aryl methyl sites for hydroxylation is 1. The summed E-state index contributed by atoms with van der Waals surface area (Å²) in [6.07, 6.45) is 4.69. The molecule has 0 saturated carbocycles. The molecule has 0 aliphatic rings. The molecule has 1 aromatic heterocycles. The molecule has 0 aliphatic carbocycles. The zero-order valence-electron chi connectivity index (χ0n) is 13.1. The Morgan fingerprint density at radius 1 is 1.19 bits per heavy atom. The minimum atomic E-state index is 0.615. The van der Waals surface area contributed by atoms with Gasteiger partial charge in [0.25, 0.3) is 0 Å². The minimum absolute atomic E-state index is 0.615. The molecule has 4 heteroatoms. The number of nitrogens with two attached hydrogens (primary N) is 1. The number of anilines is 1. The van der Waals surface area contributed by atoms with Crippen LogP contribution in [0.3, 0.4) is 0 Å². The van der Waals surface area contributed by atoms with Crippen LogP contribution in [0, 0.1) is 6.92 Å². The van der Waals surface area contributed by atoms with Gasteiger partial charge in [-0.25, -0.2) is 0 Å². The van der Waals surface area contributed by atoms with Crippen LogP contribution in [0.1, 0.15) is 38.3 Å². The van der Waals surface area contributed by atoms with Gasteiger partial charge in [-0.1, -0.05) is 26.2 Å². The van der Waals surface area contributed by atoms with E-state index >= 15 is 0 Å². The fourth-order valence-corrected chi connectivity index (χ4v) is 2.37. The Morgan fingerprint density at radius 3 is 2.71 bits per heavy atom. The predicted molar refractivity (Wildman–Crippen MR) is 87.1 cm³/mol. The maximum atomic E-state index is 6.07. The number of hydrogen-bond acceptors (Lipinski definition) is 4. The first-order valence-corrected chi connectivity index (χ1v) is 7.54. The summed E-state index contributed by atoms with van der Waals surface area (Å²) in [6, 6.07) is 5.75. The average Bonchev–Trinajstić information content (AvgIpc) is 2.49. The molecule has 0 atom stereocenters. The molecular weight excluding hydrogens is 264 g/mol. The molecule has 0 amide bonds. The van der Waals surface area contributed by atoms with Gasteiger partial charge in [0.05, 0.1) is 24.9 Å². The molecule has 0 bridgehead atoms. The molecule has 114 valence electrons. The number of aromatic nitrogens is 1. The van der Waals surface area contributed by atoms with E-state index < -0.39 is 0 Å². The summed E-state index contributed by atoms with van der Waals surface area (Å²) in [6.45, 7) is 4.84. The second-order valence-electron chi connectivity index (χ2n) is 5.26. The second-order valence-corrected chi connectivity index (χ2v) is 5.26. The van der Waals surface area contributed by atoms with E-state index in [-0.39, 0.29) is 0 Å². The third-order valence-electron chi connectivity index (χ3n) is 3.53. The standard InChI is InChI=1S/C17H24N2O2/c1-4-5-6-7-10-21-17-13-9-8-12(2)19-16(13)14(18)11-15(17)20-3/h8-9,11H,4-7,10,18H2,1-3H3. The smallest absolute Gasteiger partial charge is 0.170 e. The van der Waals surface area contributed by atoms with Crippen LogP contribution < -0.4 is 15.2 Å². The zero-order valence-corrected chi connectivity index (χ0v) is 13.1. The Balaban J connectivity index is 2.29. The third-order valence-corrected chi connectivity index (χ3v) is 3.53. The van der Waals surface area contributed by atoms with E-state index in [4.69, 9.17) is 15.2 Å². The first-order valence-electron chi connectivity index (χ1n) is 7.54. The summed E-state index contributed by atoms with van der Waals surface area (Å²) in [5.41, 5.74) is 8.40. The van der Waals surface area contributed by atoms with E-state index in [1.165, 1.54) is 19.3 Å². The van der Waals surface area contributed by atoms with Gasteiger partial charge < -0.3 is 15.2 Å². The normalized spacial score (nSPS) is 10.8. The van der Waals surface area contributed by atoms with E-state index in [0.29, 0.717) is 18.0 Å². The lowest BCUT2D eigenvalue weighted by atomic mass is 10.1. The molecule has 21 heavy (non-hydrogen) atoms. The van der Waals surface area contributed by atoms with Crippen molar-refractivity contribution in [3.05, 3.63) is 23.9 Å². The maximum absolute atomic E-state index is 6.07. The van der Waals surface area contributed by atoms with Crippen LogP contribution in [-0.2, 0) is 0 Å². The van der Waals surface area contributed by atoms with Crippen LogP contribution in [-0.4, -0.2) is 18.7 Å². The van der Waals surface area contributed by atoms with Crippen LogP contribution in [0.25, 0.3) is 10.9 Å². The number of ether oxygens (including phenoxy) is 2. The van der Waals surface area contributed by atoms with Gasteiger partial charge in [-0.05, 0) is 25.5 Å². The fourth-order valence-electron chi connectivity index (χ4n) is 2.37. The second kappa shape index (κ2) is 7.16. The molecular formula is C17H24N2O2. The van der Waals surface area contributed by atoms with Gasteiger partial charge in [0.1, 0.15) is 0 Å². The molecule has 0 spiro atoms. The number of hydrogen-bond donors (Lipinski definition) is 1. The van der Waals surface area contributed by atoms with E-state index in [1.807, 2.05) is 19.1 Å². The fraction of sp³-hybridized carbons (Fsp3) is 0.471. The lowest BCUT2D eigenvalue weighted by molar-refractivity contribution is 0.289. The molecule has 4 nitrogen and oxygen atoms in total. The van der Waals surface area contributed by atoms with Crippen LogP contribution in [0.2, 0.25) is 0 Å². The van der Waals surface area contributed by atoms with Gasteiger partial charge in [-0.2, -0.15) is 0 Å². The SMILES string of the molecule is CCCCCCOc1c(OC)cc(N)c2nc(C)ccc12. The predicted octanol–water partition coefficient (Wildman–Crippen LogP) is 4.09. The Hall–Kier alpha value is -1.97. The van der Waals surface area contributed by atoms with Gasteiger partial charge in [0.2, 0.25) is 0 Å². The topological polar surface area (TPSA) is 57.4 Å². The van der Waals surface area contributed by atoms with Crippen molar-refractivity contribution >= 4 is 16.6 Å². The van der Waals surface area contributed by atoms with Crippen molar-refractivity contribution in [2.45, 2.75) is 39.5 Å². The maximum Gasteiger partial charge on any atom is 0.170 e. The van der Waals surface area contributed by atoms with Crippen LogP contribution in [0.4, 0.5) is 5.69 Å². The van der Waals surface area contributed by atoms with Gasteiger partial charge in [-0.15, -0.1) is 0 Å². The van der Waals surface area contributed by atoms with Crippen molar-refractivity contribution in [1.82, 2.24) is 4.98 Å². The number of unbranched alkanes of at least 4 members (excludes halogenated alkanes) is 3. The number of nitrogen functional groups attached to an aromatic ring is 1. The van der Waals surface area contributed by atoms with Gasteiger partial charge in [0, 0.05) is 17.1 Å². The van der Waals surface area contributed by atoms with Crippen molar-refractivity contribution in [2.75, 3.05) is 19.5 Å². The Morgan fingerprint density at radius 2 is 2.00 bits per heavy atom. The van der Waals surface area contributed by atoms with Crippen molar-refractivity contribution in [3.63, 3.8) is 0 Å². The highest BCUT2D eigenvalue weighted by Gasteiger charge is 2.14. The molecule has 1 heterocycles. The number of nitrogens with zero attached hydrogens (tertiary/aromatic N) is 1. The van der Waals surface area contributed by atoms with Crippen LogP contribution in [0.5, 0.6) is 11.5 Å². The quantitative estimate of drug-likeness (QED) is 0.615. The summed E-state index contributed by atoms with van der Waals surface area (Å²) in [5, 5.41) is 0.910. The van der Waals surface area contributed by atoms with Crippen molar-refractivity contribution in [2.24, 2.45) is 0 Å². The summed E-state index contributed by atoms with van der Waals surface area (Å²) < 4.78 is 11.4. The average molecular weight is 288 g/mol. The number of benzene rings is 1. The van der Waals surface area contributed by atoms with E-state index in [1.54, 1.807) is 13.2 Å². The molecule has 0 aliphatic heterocycles. The third kappa shape index (κ3) is 3.57. The number of rotatable bonds is 7. The minimum Gasteiger partial charge on any atom is -0.493 e. The number of pyridine rings is 1. The summed E-state index contributed by atoms with van der Waals surface area (Å²) in [7, 11) is 1.63. The van der Waals surface area contributed by atoms with E-state index in [2.05, 4.69) is 11.9 Å². The van der Waals surface area contributed by atoms with Gasteiger partial charge >= 0.3 is 0 Å². The Labute approximate surface area is 126 Å². The van der Waals surface area contributed by atoms with Crippen molar-refractivity contribution in [1.29, 1.82) is 0 Å². The van der Waals surface area contributed by atoms with E-state index in [9.17, 15) is 0 Å². The lowest BCUT2D eigenvalue weighted by Gasteiger charge is -2.15. The molecule has 0 fully saturated rings. The van der Waals surface area contributed by atoms with Gasteiger partial charge in [0.15, 0.2) is 11.5 Å². The first kappa shape index (κ1) is 15.4.